The number of aryl methyl sites for hydroxylation is 2. The number of rotatable bonds is 6. The number of nitrogens with zero attached hydrogens (tertiary/aromatic N) is 2. The molecular formula is C22H27IN4O. The summed E-state index contributed by atoms with van der Waals surface area (Å²) in [6, 6.07) is 16.5. The van der Waals surface area contributed by atoms with Gasteiger partial charge in [-0.2, -0.15) is 0 Å². The number of hydrogen-bond donors (Lipinski definition) is 2. The summed E-state index contributed by atoms with van der Waals surface area (Å²) in [5, 5.41) is 6.67. The van der Waals surface area contributed by atoms with Crippen molar-refractivity contribution < 1.29 is 4.42 Å². The molecule has 0 aliphatic carbocycles. The second-order valence-electron chi connectivity index (χ2n) is 6.54. The van der Waals surface area contributed by atoms with Crippen LogP contribution in [0.5, 0.6) is 0 Å². The summed E-state index contributed by atoms with van der Waals surface area (Å²) in [6.07, 6.45) is 2.49. The van der Waals surface area contributed by atoms with Gasteiger partial charge in [0.25, 0.3) is 0 Å². The van der Waals surface area contributed by atoms with Crippen LogP contribution in [-0.2, 0) is 13.0 Å². The van der Waals surface area contributed by atoms with Crippen molar-refractivity contribution in [2.75, 3.05) is 13.6 Å². The van der Waals surface area contributed by atoms with E-state index < -0.39 is 0 Å². The maximum atomic E-state index is 5.61. The molecule has 3 rings (SSSR count). The van der Waals surface area contributed by atoms with Crippen LogP contribution in [0.15, 0.2) is 64.2 Å². The lowest BCUT2D eigenvalue weighted by Crippen LogP contribution is -2.38. The highest BCUT2D eigenvalue weighted by Gasteiger charge is 2.07. The smallest absolute Gasteiger partial charge is 0.226 e. The number of oxazole rings is 1. The van der Waals surface area contributed by atoms with Gasteiger partial charge >= 0.3 is 0 Å². The standard InChI is InChI=1S/C22H26N4O.HI/c1-16-8-10-18(11-9-16)21-26-20(15-27-21)12-13-24-22(23-3)25-14-19-7-5-4-6-17(19)2;/h4-11,15H,12-14H2,1-3H3,(H2,23,24,25);1H. The second kappa shape index (κ2) is 10.8. The van der Waals surface area contributed by atoms with Gasteiger partial charge in [-0.15, -0.1) is 24.0 Å². The minimum absolute atomic E-state index is 0. The van der Waals surface area contributed by atoms with E-state index in [1.165, 1.54) is 16.7 Å². The van der Waals surface area contributed by atoms with E-state index >= 15 is 0 Å². The van der Waals surface area contributed by atoms with Gasteiger partial charge < -0.3 is 15.1 Å². The van der Waals surface area contributed by atoms with Crippen molar-refractivity contribution in [1.82, 2.24) is 15.6 Å². The largest absolute Gasteiger partial charge is 0.444 e. The lowest BCUT2D eigenvalue weighted by Gasteiger charge is -2.12. The molecule has 0 atom stereocenters. The van der Waals surface area contributed by atoms with Crippen LogP contribution in [0.4, 0.5) is 0 Å². The van der Waals surface area contributed by atoms with Crippen LogP contribution in [0.2, 0.25) is 0 Å². The zero-order chi connectivity index (χ0) is 19.1. The summed E-state index contributed by atoms with van der Waals surface area (Å²) in [5.74, 6) is 1.44. The first kappa shape index (κ1) is 21.9. The normalized spacial score (nSPS) is 11.0. The molecule has 2 aromatic carbocycles. The topological polar surface area (TPSA) is 62.5 Å². The second-order valence-corrected chi connectivity index (χ2v) is 6.54. The highest BCUT2D eigenvalue weighted by atomic mass is 127. The van der Waals surface area contributed by atoms with Gasteiger partial charge in [-0.1, -0.05) is 42.0 Å². The minimum Gasteiger partial charge on any atom is -0.444 e. The number of benzene rings is 2. The number of nitrogens with one attached hydrogen (secondary N) is 2. The van der Waals surface area contributed by atoms with E-state index in [1.807, 2.05) is 12.1 Å². The molecule has 28 heavy (non-hydrogen) atoms. The molecule has 0 unspecified atom stereocenters. The fraction of sp³-hybridized carbons (Fsp3) is 0.273. The van der Waals surface area contributed by atoms with Crippen molar-refractivity contribution in [3.05, 3.63) is 77.2 Å². The molecule has 0 fully saturated rings. The average molecular weight is 490 g/mol. The maximum Gasteiger partial charge on any atom is 0.226 e. The van der Waals surface area contributed by atoms with Crippen LogP contribution < -0.4 is 10.6 Å². The molecule has 148 valence electrons. The Morgan fingerprint density at radius 2 is 1.79 bits per heavy atom. The summed E-state index contributed by atoms with van der Waals surface area (Å²) in [5.41, 5.74) is 5.67. The van der Waals surface area contributed by atoms with Gasteiger partial charge in [0.2, 0.25) is 5.89 Å². The van der Waals surface area contributed by atoms with Crippen LogP contribution >= 0.6 is 24.0 Å². The van der Waals surface area contributed by atoms with Crippen molar-refractivity contribution in [1.29, 1.82) is 0 Å². The van der Waals surface area contributed by atoms with E-state index in [0.717, 1.165) is 36.7 Å². The monoisotopic (exact) mass is 490 g/mol. The Morgan fingerprint density at radius 1 is 1.04 bits per heavy atom. The molecule has 3 aromatic rings. The Hall–Kier alpha value is -2.35. The first-order valence-electron chi connectivity index (χ1n) is 9.16. The Bertz CT molecular complexity index is 903. The van der Waals surface area contributed by atoms with Crippen molar-refractivity contribution in [3.63, 3.8) is 0 Å². The van der Waals surface area contributed by atoms with E-state index in [9.17, 15) is 0 Å². The molecule has 0 radical (unpaired) electrons. The summed E-state index contributed by atoms with van der Waals surface area (Å²) >= 11 is 0. The molecular weight excluding hydrogens is 463 g/mol. The van der Waals surface area contributed by atoms with E-state index in [4.69, 9.17) is 4.42 Å². The van der Waals surface area contributed by atoms with Gasteiger partial charge in [-0.05, 0) is 37.1 Å². The Balaban J connectivity index is 0.00000280. The van der Waals surface area contributed by atoms with E-state index in [2.05, 4.69) is 70.9 Å². The Labute approximate surface area is 183 Å². The number of guanidine groups is 1. The molecule has 0 aliphatic heterocycles. The van der Waals surface area contributed by atoms with Crippen LogP contribution in [0, 0.1) is 13.8 Å². The average Bonchev–Trinajstić information content (AvgIpc) is 3.15. The van der Waals surface area contributed by atoms with E-state index in [-0.39, 0.29) is 24.0 Å². The van der Waals surface area contributed by atoms with Crippen molar-refractivity contribution in [3.8, 4) is 11.5 Å². The van der Waals surface area contributed by atoms with Gasteiger partial charge in [0.1, 0.15) is 6.26 Å². The zero-order valence-corrected chi connectivity index (χ0v) is 18.9. The highest BCUT2D eigenvalue weighted by molar-refractivity contribution is 14.0. The summed E-state index contributed by atoms with van der Waals surface area (Å²) in [7, 11) is 1.78. The molecule has 0 amide bonds. The fourth-order valence-electron chi connectivity index (χ4n) is 2.77. The first-order chi connectivity index (χ1) is 13.2. The Kier molecular flexibility index (Phi) is 8.50. The summed E-state index contributed by atoms with van der Waals surface area (Å²) < 4.78 is 5.61. The highest BCUT2D eigenvalue weighted by Crippen LogP contribution is 2.19. The zero-order valence-electron chi connectivity index (χ0n) is 16.5. The first-order valence-corrected chi connectivity index (χ1v) is 9.16. The lowest BCUT2D eigenvalue weighted by atomic mass is 10.1. The quantitative estimate of drug-likeness (QED) is 0.304. The molecule has 1 aromatic heterocycles. The van der Waals surface area contributed by atoms with Gasteiger partial charge in [-0.25, -0.2) is 4.98 Å². The number of aliphatic imine (C=N–C) groups is 1. The molecule has 2 N–H and O–H groups in total. The van der Waals surface area contributed by atoms with Gasteiger partial charge in [0, 0.05) is 32.1 Å². The SMILES string of the molecule is CN=C(NCCc1coc(-c2ccc(C)cc2)n1)NCc1ccccc1C.I. The fourth-order valence-corrected chi connectivity index (χ4v) is 2.77. The third kappa shape index (κ3) is 6.09. The molecule has 5 nitrogen and oxygen atoms in total. The van der Waals surface area contributed by atoms with Crippen LogP contribution in [0.3, 0.4) is 0 Å². The van der Waals surface area contributed by atoms with E-state index in [0.29, 0.717) is 5.89 Å². The molecule has 0 saturated carbocycles. The molecule has 6 heteroatoms. The molecule has 1 heterocycles. The number of halogens is 1. The number of hydrogen-bond acceptors (Lipinski definition) is 3. The van der Waals surface area contributed by atoms with Crippen molar-refractivity contribution >= 4 is 29.9 Å². The molecule has 0 aliphatic rings. The van der Waals surface area contributed by atoms with E-state index in [1.54, 1.807) is 13.3 Å². The number of aromatic nitrogens is 1. The predicted molar refractivity (Wildman–Crippen MR) is 125 cm³/mol. The van der Waals surface area contributed by atoms with Crippen LogP contribution in [0.1, 0.15) is 22.4 Å². The minimum atomic E-state index is 0. The van der Waals surface area contributed by atoms with Crippen LogP contribution in [0.25, 0.3) is 11.5 Å². The van der Waals surface area contributed by atoms with Gasteiger partial charge in [0.15, 0.2) is 5.96 Å². The van der Waals surface area contributed by atoms with Crippen molar-refractivity contribution in [2.45, 2.75) is 26.8 Å². The third-order valence-corrected chi connectivity index (χ3v) is 4.45. The summed E-state index contributed by atoms with van der Waals surface area (Å²) in [4.78, 5) is 8.85. The maximum absolute atomic E-state index is 5.61. The molecule has 0 bridgehead atoms. The summed E-state index contributed by atoms with van der Waals surface area (Å²) in [6.45, 7) is 5.65. The molecule has 0 spiro atoms. The van der Waals surface area contributed by atoms with Crippen LogP contribution in [-0.4, -0.2) is 24.5 Å². The third-order valence-electron chi connectivity index (χ3n) is 4.45. The Morgan fingerprint density at radius 3 is 2.50 bits per heavy atom. The predicted octanol–water partition coefficient (Wildman–Crippen LogP) is 4.48. The van der Waals surface area contributed by atoms with Gasteiger partial charge in [0.05, 0.1) is 5.69 Å². The van der Waals surface area contributed by atoms with Crippen molar-refractivity contribution in [2.24, 2.45) is 4.99 Å². The van der Waals surface area contributed by atoms with Gasteiger partial charge in [-0.3, -0.25) is 4.99 Å². The lowest BCUT2D eigenvalue weighted by molar-refractivity contribution is 0.572. The molecule has 0 saturated heterocycles.